The maximum Gasteiger partial charge on any atom is 0.270 e. The lowest BCUT2D eigenvalue weighted by Crippen LogP contribution is -2.55. The first-order chi connectivity index (χ1) is 10.8. The Labute approximate surface area is 128 Å². The minimum Gasteiger partial charge on any atom is -0.381 e. The lowest BCUT2D eigenvalue weighted by atomic mass is 9.92. The van der Waals surface area contributed by atoms with Crippen LogP contribution in [0.15, 0.2) is 24.5 Å². The minimum atomic E-state index is -0.222. The Balaban J connectivity index is 1.56. The fraction of sp³-hybridized carbons (Fsp3) is 0.500. The zero-order valence-electron chi connectivity index (χ0n) is 12.4. The maximum absolute atomic E-state index is 12.8. The van der Waals surface area contributed by atoms with Gasteiger partial charge in [0.15, 0.2) is 0 Å². The number of amides is 1. The molecule has 0 aliphatic carbocycles. The van der Waals surface area contributed by atoms with Gasteiger partial charge in [0.25, 0.3) is 5.91 Å². The van der Waals surface area contributed by atoms with Gasteiger partial charge in [-0.25, -0.2) is 0 Å². The van der Waals surface area contributed by atoms with E-state index in [0.29, 0.717) is 38.6 Å². The standard InChI is InChI=1S/C16H19N3O3/c20-15(14-9-12-10-17-4-1-13(12)18-14)19-5-8-22-16(11-19)2-6-21-7-3-16/h1,4,9-10,18H,2-3,5-8,11H2. The van der Waals surface area contributed by atoms with Crippen molar-refractivity contribution in [2.45, 2.75) is 18.4 Å². The molecule has 0 atom stereocenters. The van der Waals surface area contributed by atoms with E-state index in [-0.39, 0.29) is 11.5 Å². The summed E-state index contributed by atoms with van der Waals surface area (Å²) in [5.74, 6) is 0.0327. The summed E-state index contributed by atoms with van der Waals surface area (Å²) in [5.41, 5.74) is 1.33. The number of nitrogens with one attached hydrogen (secondary N) is 1. The molecule has 1 N–H and O–H groups in total. The zero-order chi connectivity index (χ0) is 15.0. The molecule has 0 unspecified atom stereocenters. The second-order valence-corrected chi connectivity index (χ2v) is 6.02. The first-order valence-corrected chi connectivity index (χ1v) is 7.70. The number of aromatic amines is 1. The Morgan fingerprint density at radius 1 is 1.32 bits per heavy atom. The SMILES string of the molecule is O=C(c1cc2cnccc2[nH]1)N1CCOC2(CCOCC2)C1. The number of hydrogen-bond acceptors (Lipinski definition) is 4. The molecule has 2 saturated heterocycles. The summed E-state index contributed by atoms with van der Waals surface area (Å²) in [6.45, 7) is 3.28. The number of carbonyl (C=O) groups excluding carboxylic acids is 1. The number of carbonyl (C=O) groups is 1. The molecule has 22 heavy (non-hydrogen) atoms. The van der Waals surface area contributed by atoms with Crippen LogP contribution >= 0.6 is 0 Å². The predicted octanol–water partition coefficient (Wildman–Crippen LogP) is 1.58. The number of hydrogen-bond donors (Lipinski definition) is 1. The van der Waals surface area contributed by atoms with E-state index in [1.165, 1.54) is 0 Å². The van der Waals surface area contributed by atoms with Gasteiger partial charge in [-0.05, 0) is 12.1 Å². The number of pyridine rings is 1. The molecular weight excluding hydrogens is 282 g/mol. The van der Waals surface area contributed by atoms with Crippen molar-refractivity contribution in [2.75, 3.05) is 32.9 Å². The highest BCUT2D eigenvalue weighted by Gasteiger charge is 2.40. The van der Waals surface area contributed by atoms with Crippen molar-refractivity contribution in [3.05, 3.63) is 30.2 Å². The first-order valence-electron chi connectivity index (χ1n) is 7.70. The number of H-pyrrole nitrogens is 1. The Kier molecular flexibility index (Phi) is 3.35. The molecule has 6 nitrogen and oxygen atoms in total. The Bertz CT molecular complexity index is 652. The van der Waals surface area contributed by atoms with E-state index in [4.69, 9.17) is 9.47 Å². The number of ether oxygens (including phenoxy) is 2. The van der Waals surface area contributed by atoms with Crippen LogP contribution < -0.4 is 0 Å². The fourth-order valence-corrected chi connectivity index (χ4v) is 3.32. The van der Waals surface area contributed by atoms with Gasteiger partial charge in [-0.2, -0.15) is 0 Å². The Morgan fingerprint density at radius 2 is 2.18 bits per heavy atom. The quantitative estimate of drug-likeness (QED) is 0.868. The van der Waals surface area contributed by atoms with Crippen LogP contribution in [0.1, 0.15) is 23.3 Å². The topological polar surface area (TPSA) is 67.5 Å². The summed E-state index contributed by atoms with van der Waals surface area (Å²) in [5, 5.41) is 0.958. The number of rotatable bonds is 1. The molecule has 116 valence electrons. The van der Waals surface area contributed by atoms with Gasteiger partial charge in [-0.1, -0.05) is 0 Å². The van der Waals surface area contributed by atoms with Gasteiger partial charge in [-0.15, -0.1) is 0 Å². The average molecular weight is 301 g/mol. The summed E-state index contributed by atoms with van der Waals surface area (Å²) in [6.07, 6.45) is 5.20. The van der Waals surface area contributed by atoms with Crippen molar-refractivity contribution in [1.82, 2.24) is 14.9 Å². The van der Waals surface area contributed by atoms with E-state index in [0.717, 1.165) is 23.7 Å². The third kappa shape index (κ3) is 2.38. The van der Waals surface area contributed by atoms with Crippen molar-refractivity contribution in [1.29, 1.82) is 0 Å². The molecular formula is C16H19N3O3. The molecule has 4 rings (SSSR count). The first kappa shape index (κ1) is 13.7. The molecule has 0 bridgehead atoms. The smallest absolute Gasteiger partial charge is 0.270 e. The van der Waals surface area contributed by atoms with E-state index in [1.54, 1.807) is 12.4 Å². The molecule has 1 spiro atoms. The zero-order valence-corrected chi connectivity index (χ0v) is 12.4. The molecule has 2 aromatic rings. The molecule has 4 heterocycles. The van der Waals surface area contributed by atoms with Crippen molar-refractivity contribution in [2.24, 2.45) is 0 Å². The molecule has 0 radical (unpaired) electrons. The second kappa shape index (κ2) is 5.37. The third-order valence-electron chi connectivity index (χ3n) is 4.59. The van der Waals surface area contributed by atoms with Crippen LogP contribution in [0.4, 0.5) is 0 Å². The number of aromatic nitrogens is 2. The van der Waals surface area contributed by atoms with Gasteiger partial charge >= 0.3 is 0 Å². The summed E-state index contributed by atoms with van der Waals surface area (Å²) >= 11 is 0. The molecule has 1 amide bonds. The van der Waals surface area contributed by atoms with Crippen LogP contribution in [0.25, 0.3) is 10.9 Å². The highest BCUT2D eigenvalue weighted by molar-refractivity contribution is 5.97. The predicted molar refractivity (Wildman–Crippen MR) is 80.7 cm³/mol. The fourth-order valence-electron chi connectivity index (χ4n) is 3.32. The minimum absolute atomic E-state index is 0.0327. The largest absolute Gasteiger partial charge is 0.381 e. The van der Waals surface area contributed by atoms with Gasteiger partial charge in [0.05, 0.1) is 18.8 Å². The second-order valence-electron chi connectivity index (χ2n) is 6.02. The van der Waals surface area contributed by atoms with E-state index >= 15 is 0 Å². The summed E-state index contributed by atoms with van der Waals surface area (Å²) in [4.78, 5) is 22.0. The van der Waals surface area contributed by atoms with Gasteiger partial charge in [0.1, 0.15) is 5.69 Å². The van der Waals surface area contributed by atoms with Crippen LogP contribution in [-0.2, 0) is 9.47 Å². The Hall–Kier alpha value is -1.92. The molecule has 6 heteroatoms. The average Bonchev–Trinajstić information content (AvgIpc) is 2.99. The summed E-state index contributed by atoms with van der Waals surface area (Å²) in [6, 6.07) is 3.75. The van der Waals surface area contributed by atoms with E-state index in [2.05, 4.69) is 9.97 Å². The van der Waals surface area contributed by atoms with Crippen LogP contribution in [-0.4, -0.2) is 59.3 Å². The molecule has 2 aliphatic rings. The highest BCUT2D eigenvalue weighted by Crippen LogP contribution is 2.29. The van der Waals surface area contributed by atoms with Crippen molar-refractivity contribution in [3.8, 4) is 0 Å². The van der Waals surface area contributed by atoms with Crippen LogP contribution in [0, 0.1) is 0 Å². The van der Waals surface area contributed by atoms with Gasteiger partial charge in [-0.3, -0.25) is 9.78 Å². The maximum atomic E-state index is 12.8. The van der Waals surface area contributed by atoms with Crippen molar-refractivity contribution < 1.29 is 14.3 Å². The molecule has 2 aromatic heterocycles. The third-order valence-corrected chi connectivity index (χ3v) is 4.59. The van der Waals surface area contributed by atoms with Crippen LogP contribution in [0.2, 0.25) is 0 Å². The van der Waals surface area contributed by atoms with Crippen molar-refractivity contribution >= 4 is 16.8 Å². The summed E-state index contributed by atoms with van der Waals surface area (Å²) in [7, 11) is 0. The molecule has 0 saturated carbocycles. The lowest BCUT2D eigenvalue weighted by Gasteiger charge is -2.44. The van der Waals surface area contributed by atoms with E-state index < -0.39 is 0 Å². The normalized spacial score (nSPS) is 21.4. The van der Waals surface area contributed by atoms with Crippen LogP contribution in [0.5, 0.6) is 0 Å². The molecule has 2 fully saturated rings. The van der Waals surface area contributed by atoms with Crippen LogP contribution in [0.3, 0.4) is 0 Å². The van der Waals surface area contributed by atoms with Gasteiger partial charge < -0.3 is 19.4 Å². The molecule has 2 aliphatic heterocycles. The Morgan fingerprint density at radius 3 is 3.00 bits per heavy atom. The number of nitrogens with zero attached hydrogens (tertiary/aromatic N) is 2. The number of fused-ring (bicyclic) bond motifs is 1. The lowest BCUT2D eigenvalue weighted by molar-refractivity contribution is -0.146. The van der Waals surface area contributed by atoms with E-state index in [1.807, 2.05) is 17.0 Å². The van der Waals surface area contributed by atoms with Gasteiger partial charge in [0, 0.05) is 55.9 Å². The highest BCUT2D eigenvalue weighted by atomic mass is 16.5. The van der Waals surface area contributed by atoms with Gasteiger partial charge in [0.2, 0.25) is 0 Å². The van der Waals surface area contributed by atoms with E-state index in [9.17, 15) is 4.79 Å². The van der Waals surface area contributed by atoms with Crippen molar-refractivity contribution in [3.63, 3.8) is 0 Å². The molecule has 0 aromatic carbocycles. The summed E-state index contributed by atoms with van der Waals surface area (Å²) < 4.78 is 11.4. The number of morpholine rings is 1. The monoisotopic (exact) mass is 301 g/mol.